The van der Waals surface area contributed by atoms with Crippen molar-refractivity contribution in [1.82, 2.24) is 5.16 Å². The summed E-state index contributed by atoms with van der Waals surface area (Å²) in [5.41, 5.74) is 0.324. The SMILES string of the molecule is Cc1cc(NC(=O)Nc2ccccc2O)no1. The number of aromatic hydroxyl groups is 1. The largest absolute Gasteiger partial charge is 0.506 e. The van der Waals surface area contributed by atoms with Gasteiger partial charge in [-0.15, -0.1) is 0 Å². The number of aromatic nitrogens is 1. The van der Waals surface area contributed by atoms with E-state index in [1.807, 2.05) is 0 Å². The van der Waals surface area contributed by atoms with Gasteiger partial charge < -0.3 is 14.9 Å². The summed E-state index contributed by atoms with van der Waals surface area (Å²) >= 11 is 0. The lowest BCUT2D eigenvalue weighted by Gasteiger charge is -2.06. The standard InChI is InChI=1S/C11H11N3O3/c1-7-6-10(14-17-7)13-11(16)12-8-4-2-3-5-9(8)15/h2-6,15H,1H3,(H2,12,13,14,16). The number of carbonyl (C=O) groups is 1. The molecule has 17 heavy (non-hydrogen) atoms. The second kappa shape index (κ2) is 4.56. The van der Waals surface area contributed by atoms with Crippen molar-refractivity contribution in [3.8, 4) is 5.75 Å². The number of amides is 2. The van der Waals surface area contributed by atoms with E-state index in [0.29, 0.717) is 17.3 Å². The highest BCUT2D eigenvalue weighted by molar-refractivity contribution is 5.99. The van der Waals surface area contributed by atoms with E-state index in [1.165, 1.54) is 6.07 Å². The minimum Gasteiger partial charge on any atom is -0.506 e. The van der Waals surface area contributed by atoms with Gasteiger partial charge in [0, 0.05) is 6.07 Å². The molecule has 0 aliphatic heterocycles. The fraction of sp³-hybridized carbons (Fsp3) is 0.0909. The fourth-order valence-corrected chi connectivity index (χ4v) is 1.27. The van der Waals surface area contributed by atoms with E-state index >= 15 is 0 Å². The van der Waals surface area contributed by atoms with Crippen LogP contribution in [-0.2, 0) is 0 Å². The number of nitrogens with zero attached hydrogens (tertiary/aromatic N) is 1. The summed E-state index contributed by atoms with van der Waals surface area (Å²) in [4.78, 5) is 11.5. The molecule has 0 radical (unpaired) electrons. The second-order valence-electron chi connectivity index (χ2n) is 3.42. The number of aryl methyl sites for hydroxylation is 1. The molecule has 6 nitrogen and oxygen atoms in total. The van der Waals surface area contributed by atoms with E-state index in [-0.39, 0.29) is 5.75 Å². The molecule has 2 amide bonds. The van der Waals surface area contributed by atoms with Crippen molar-refractivity contribution in [3.05, 3.63) is 36.1 Å². The van der Waals surface area contributed by atoms with Gasteiger partial charge in [-0.3, -0.25) is 5.32 Å². The van der Waals surface area contributed by atoms with Gasteiger partial charge in [0.05, 0.1) is 5.69 Å². The van der Waals surface area contributed by atoms with Gasteiger partial charge in [-0.2, -0.15) is 0 Å². The number of carbonyl (C=O) groups excluding carboxylic acids is 1. The predicted molar refractivity (Wildman–Crippen MR) is 62.0 cm³/mol. The molecule has 0 fully saturated rings. The molecule has 2 rings (SSSR count). The summed E-state index contributed by atoms with van der Waals surface area (Å²) in [5.74, 6) is 0.914. The highest BCUT2D eigenvalue weighted by Crippen LogP contribution is 2.21. The number of rotatable bonds is 2. The van der Waals surface area contributed by atoms with Crippen molar-refractivity contribution in [3.63, 3.8) is 0 Å². The topological polar surface area (TPSA) is 87.4 Å². The van der Waals surface area contributed by atoms with Crippen LogP contribution in [-0.4, -0.2) is 16.3 Å². The minimum atomic E-state index is -0.500. The number of anilines is 2. The summed E-state index contributed by atoms with van der Waals surface area (Å²) in [7, 11) is 0. The third kappa shape index (κ3) is 2.75. The molecule has 1 aromatic carbocycles. The molecular formula is C11H11N3O3. The van der Waals surface area contributed by atoms with Crippen molar-refractivity contribution in [2.75, 3.05) is 10.6 Å². The predicted octanol–water partition coefficient (Wildman–Crippen LogP) is 2.33. The summed E-state index contributed by atoms with van der Waals surface area (Å²) < 4.78 is 4.80. The fourth-order valence-electron chi connectivity index (χ4n) is 1.27. The van der Waals surface area contributed by atoms with Crippen LogP contribution >= 0.6 is 0 Å². The summed E-state index contributed by atoms with van der Waals surface area (Å²) in [6, 6.07) is 7.53. The number of phenolic OH excluding ortho intramolecular Hbond substituents is 1. The Balaban J connectivity index is 2.01. The molecule has 0 aliphatic rings. The van der Waals surface area contributed by atoms with Crippen molar-refractivity contribution in [2.45, 2.75) is 6.92 Å². The van der Waals surface area contributed by atoms with Gasteiger partial charge in [-0.1, -0.05) is 17.3 Å². The molecule has 1 aromatic heterocycles. The van der Waals surface area contributed by atoms with Crippen molar-refractivity contribution in [2.24, 2.45) is 0 Å². The number of para-hydroxylation sites is 2. The average Bonchev–Trinajstić information content (AvgIpc) is 2.67. The van der Waals surface area contributed by atoms with E-state index in [2.05, 4.69) is 15.8 Å². The highest BCUT2D eigenvalue weighted by Gasteiger charge is 2.07. The van der Waals surface area contributed by atoms with Crippen LogP contribution in [0.1, 0.15) is 5.76 Å². The number of benzene rings is 1. The monoisotopic (exact) mass is 233 g/mol. The number of hydrogen-bond donors (Lipinski definition) is 3. The third-order valence-corrected chi connectivity index (χ3v) is 2.02. The van der Waals surface area contributed by atoms with E-state index < -0.39 is 6.03 Å². The smallest absolute Gasteiger partial charge is 0.325 e. The molecule has 6 heteroatoms. The van der Waals surface area contributed by atoms with Gasteiger partial charge in [-0.25, -0.2) is 4.79 Å². The first-order chi connectivity index (χ1) is 8.15. The van der Waals surface area contributed by atoms with Gasteiger partial charge in [0.1, 0.15) is 11.5 Å². The molecule has 0 saturated carbocycles. The zero-order valence-electron chi connectivity index (χ0n) is 9.10. The van der Waals surface area contributed by atoms with Crippen LogP contribution < -0.4 is 10.6 Å². The van der Waals surface area contributed by atoms with Crippen LogP contribution in [0.3, 0.4) is 0 Å². The zero-order valence-corrected chi connectivity index (χ0v) is 9.10. The molecular weight excluding hydrogens is 222 g/mol. The molecule has 0 unspecified atom stereocenters. The highest BCUT2D eigenvalue weighted by atomic mass is 16.5. The Morgan fingerprint density at radius 1 is 1.35 bits per heavy atom. The van der Waals surface area contributed by atoms with Gasteiger partial charge in [0.2, 0.25) is 0 Å². The molecule has 2 aromatic rings. The van der Waals surface area contributed by atoms with E-state index in [0.717, 1.165) is 0 Å². The Hall–Kier alpha value is -2.50. The maximum atomic E-state index is 11.5. The van der Waals surface area contributed by atoms with Crippen LogP contribution in [0.15, 0.2) is 34.9 Å². The van der Waals surface area contributed by atoms with Crippen LogP contribution in [0.4, 0.5) is 16.3 Å². The van der Waals surface area contributed by atoms with E-state index in [1.54, 1.807) is 31.2 Å². The summed E-state index contributed by atoms with van der Waals surface area (Å²) in [5, 5.41) is 18.0. The molecule has 0 saturated heterocycles. The average molecular weight is 233 g/mol. The number of hydrogen-bond acceptors (Lipinski definition) is 4. The van der Waals surface area contributed by atoms with Gasteiger partial charge in [0.15, 0.2) is 5.82 Å². The van der Waals surface area contributed by atoms with Gasteiger partial charge >= 0.3 is 6.03 Å². The van der Waals surface area contributed by atoms with Crippen LogP contribution in [0.5, 0.6) is 5.75 Å². The van der Waals surface area contributed by atoms with Crippen LogP contribution in [0, 0.1) is 6.92 Å². The van der Waals surface area contributed by atoms with Gasteiger partial charge in [-0.05, 0) is 19.1 Å². The lowest BCUT2D eigenvalue weighted by atomic mass is 10.3. The molecule has 0 bridgehead atoms. The van der Waals surface area contributed by atoms with Crippen molar-refractivity contribution < 1.29 is 14.4 Å². The quantitative estimate of drug-likeness (QED) is 0.694. The molecule has 88 valence electrons. The second-order valence-corrected chi connectivity index (χ2v) is 3.42. The molecule has 0 aliphatic carbocycles. The van der Waals surface area contributed by atoms with Crippen molar-refractivity contribution in [1.29, 1.82) is 0 Å². The van der Waals surface area contributed by atoms with E-state index in [9.17, 15) is 9.90 Å². The Morgan fingerprint density at radius 2 is 2.12 bits per heavy atom. The third-order valence-electron chi connectivity index (χ3n) is 2.02. The van der Waals surface area contributed by atoms with E-state index in [4.69, 9.17) is 4.52 Å². The summed E-state index contributed by atoms with van der Waals surface area (Å²) in [6.07, 6.45) is 0. The molecule has 0 spiro atoms. The Labute approximate surface area is 97.2 Å². The lowest BCUT2D eigenvalue weighted by molar-refractivity contribution is 0.261. The maximum Gasteiger partial charge on any atom is 0.325 e. The number of urea groups is 1. The maximum absolute atomic E-state index is 11.5. The van der Waals surface area contributed by atoms with Crippen LogP contribution in [0.25, 0.3) is 0 Å². The zero-order chi connectivity index (χ0) is 12.3. The Bertz CT molecular complexity index is 536. The Morgan fingerprint density at radius 3 is 2.76 bits per heavy atom. The molecule has 0 atom stereocenters. The first-order valence-corrected chi connectivity index (χ1v) is 4.94. The number of nitrogens with one attached hydrogen (secondary N) is 2. The lowest BCUT2D eigenvalue weighted by Crippen LogP contribution is -2.19. The van der Waals surface area contributed by atoms with Gasteiger partial charge in [0.25, 0.3) is 0 Å². The molecule has 3 N–H and O–H groups in total. The summed E-state index contributed by atoms with van der Waals surface area (Å²) in [6.45, 7) is 1.72. The number of phenols is 1. The molecule has 1 heterocycles. The minimum absolute atomic E-state index is 0.000941. The first-order valence-electron chi connectivity index (χ1n) is 4.94. The first kappa shape index (κ1) is 11.0. The normalized spacial score (nSPS) is 9.94. The van der Waals surface area contributed by atoms with Crippen molar-refractivity contribution >= 4 is 17.5 Å². The van der Waals surface area contributed by atoms with Crippen LogP contribution in [0.2, 0.25) is 0 Å². The Kier molecular flexibility index (Phi) is 2.95.